The van der Waals surface area contributed by atoms with Crippen molar-refractivity contribution in [1.29, 1.82) is 0 Å². The van der Waals surface area contributed by atoms with Crippen molar-refractivity contribution < 1.29 is 18.3 Å². The zero-order valence-electron chi connectivity index (χ0n) is 8.51. The molecule has 0 amide bonds. The third-order valence-electron chi connectivity index (χ3n) is 1.66. The molecule has 4 nitrogen and oxygen atoms in total. The van der Waals surface area contributed by atoms with E-state index >= 15 is 0 Å². The molecule has 0 atom stereocenters. The largest absolute Gasteiger partial charge is 0.473 e. The van der Waals surface area contributed by atoms with Gasteiger partial charge in [-0.25, -0.2) is 8.78 Å². The van der Waals surface area contributed by atoms with Gasteiger partial charge in [0.15, 0.2) is 17.5 Å². The highest BCUT2D eigenvalue weighted by Crippen LogP contribution is 2.20. The van der Waals surface area contributed by atoms with E-state index in [2.05, 4.69) is 10.3 Å². The van der Waals surface area contributed by atoms with Gasteiger partial charge < -0.3 is 14.8 Å². The van der Waals surface area contributed by atoms with Crippen molar-refractivity contribution in [2.24, 2.45) is 0 Å². The molecule has 84 valence electrons. The quantitative estimate of drug-likeness (QED) is 0.759. The van der Waals surface area contributed by atoms with Crippen molar-refractivity contribution in [3.63, 3.8) is 0 Å². The molecule has 0 aliphatic heterocycles. The Morgan fingerprint density at radius 3 is 2.67 bits per heavy atom. The van der Waals surface area contributed by atoms with E-state index in [1.807, 2.05) is 0 Å². The Bertz CT molecular complexity index is 334. The molecule has 15 heavy (non-hydrogen) atoms. The number of hydrogen-bond acceptors (Lipinski definition) is 4. The van der Waals surface area contributed by atoms with Gasteiger partial charge in [0.25, 0.3) is 5.88 Å². The number of ether oxygens (including phenoxy) is 2. The number of hydrogen-bond donors (Lipinski definition) is 1. The Hall–Kier alpha value is -1.43. The summed E-state index contributed by atoms with van der Waals surface area (Å²) in [6.07, 6.45) is 0. The summed E-state index contributed by atoms with van der Waals surface area (Å²) in [6.45, 7) is 0.475. The number of halogens is 2. The topological polar surface area (TPSA) is 43.4 Å². The van der Waals surface area contributed by atoms with Gasteiger partial charge in [0.2, 0.25) is 0 Å². The van der Waals surface area contributed by atoms with E-state index in [0.29, 0.717) is 6.61 Å². The molecular formula is C9H12F2N2O2. The highest BCUT2D eigenvalue weighted by molar-refractivity contribution is 5.38. The van der Waals surface area contributed by atoms with Crippen molar-refractivity contribution in [2.45, 2.75) is 0 Å². The summed E-state index contributed by atoms with van der Waals surface area (Å²) in [5, 5.41) is 2.49. The number of pyridine rings is 1. The number of rotatable bonds is 5. The minimum absolute atomic E-state index is 0.0520. The van der Waals surface area contributed by atoms with E-state index in [-0.39, 0.29) is 18.3 Å². The fourth-order valence-corrected chi connectivity index (χ4v) is 0.948. The number of anilines is 1. The van der Waals surface area contributed by atoms with Gasteiger partial charge in [0.1, 0.15) is 6.61 Å². The molecule has 1 N–H and O–H groups in total. The van der Waals surface area contributed by atoms with Crippen molar-refractivity contribution in [1.82, 2.24) is 4.98 Å². The van der Waals surface area contributed by atoms with Crippen molar-refractivity contribution in [3.8, 4) is 5.88 Å². The molecule has 0 saturated carbocycles. The van der Waals surface area contributed by atoms with E-state index in [0.717, 1.165) is 6.07 Å². The second kappa shape index (κ2) is 5.45. The number of methoxy groups -OCH3 is 1. The van der Waals surface area contributed by atoms with Gasteiger partial charge in [-0.15, -0.1) is 0 Å². The van der Waals surface area contributed by atoms with Crippen LogP contribution in [0, 0.1) is 11.6 Å². The Morgan fingerprint density at radius 1 is 1.33 bits per heavy atom. The smallest absolute Gasteiger partial charge is 0.252 e. The Balaban J connectivity index is 2.78. The molecule has 1 heterocycles. The first-order valence-electron chi connectivity index (χ1n) is 4.34. The lowest BCUT2D eigenvalue weighted by Crippen LogP contribution is -2.08. The van der Waals surface area contributed by atoms with Gasteiger partial charge in [0.05, 0.1) is 6.61 Å². The molecule has 0 spiro atoms. The molecule has 0 aromatic carbocycles. The van der Waals surface area contributed by atoms with Crippen LogP contribution in [0.25, 0.3) is 0 Å². The summed E-state index contributed by atoms with van der Waals surface area (Å²) in [5.41, 5.74) is 0. The van der Waals surface area contributed by atoms with Crippen LogP contribution in [0.5, 0.6) is 5.88 Å². The number of nitrogens with one attached hydrogen (secondary N) is 1. The van der Waals surface area contributed by atoms with E-state index in [1.165, 1.54) is 14.2 Å². The van der Waals surface area contributed by atoms with Crippen molar-refractivity contribution >= 4 is 5.82 Å². The van der Waals surface area contributed by atoms with Crippen LogP contribution >= 0.6 is 0 Å². The van der Waals surface area contributed by atoms with Crippen LogP contribution in [0.4, 0.5) is 14.6 Å². The summed E-state index contributed by atoms with van der Waals surface area (Å²) in [5.74, 6) is -1.88. The molecular weight excluding hydrogens is 206 g/mol. The van der Waals surface area contributed by atoms with Gasteiger partial charge in [-0.3, -0.25) is 0 Å². The number of nitrogens with zero attached hydrogens (tertiary/aromatic N) is 1. The van der Waals surface area contributed by atoms with E-state index in [9.17, 15) is 8.78 Å². The van der Waals surface area contributed by atoms with Crippen LogP contribution in [-0.4, -0.2) is 32.4 Å². The SMILES string of the molecule is CNc1nc(OCCOC)c(F)cc1F. The molecule has 0 bridgehead atoms. The van der Waals surface area contributed by atoms with Crippen molar-refractivity contribution in [2.75, 3.05) is 32.7 Å². The van der Waals surface area contributed by atoms with Crippen LogP contribution in [0.2, 0.25) is 0 Å². The summed E-state index contributed by atoms with van der Waals surface area (Å²) < 4.78 is 35.7. The first-order chi connectivity index (χ1) is 7.19. The average Bonchev–Trinajstić information content (AvgIpc) is 2.21. The van der Waals surface area contributed by atoms with Gasteiger partial charge >= 0.3 is 0 Å². The average molecular weight is 218 g/mol. The highest BCUT2D eigenvalue weighted by atomic mass is 19.1. The van der Waals surface area contributed by atoms with Crippen LogP contribution in [0.3, 0.4) is 0 Å². The maximum Gasteiger partial charge on any atom is 0.252 e. The lowest BCUT2D eigenvalue weighted by atomic mass is 10.4. The molecule has 0 radical (unpaired) electrons. The fourth-order valence-electron chi connectivity index (χ4n) is 0.948. The standard InChI is InChI=1S/C9H12F2N2O2/c1-12-8-6(10)5-7(11)9(13-8)15-4-3-14-2/h5H,3-4H2,1-2H3,(H,12,13). The zero-order chi connectivity index (χ0) is 11.3. The molecule has 1 aromatic heterocycles. The molecule has 0 fully saturated rings. The van der Waals surface area contributed by atoms with Crippen LogP contribution < -0.4 is 10.1 Å². The Morgan fingerprint density at radius 2 is 2.07 bits per heavy atom. The summed E-state index contributed by atoms with van der Waals surface area (Å²) >= 11 is 0. The molecule has 0 unspecified atom stereocenters. The van der Waals surface area contributed by atoms with Crippen LogP contribution in [0.1, 0.15) is 0 Å². The van der Waals surface area contributed by atoms with Gasteiger partial charge in [-0.05, 0) is 0 Å². The first-order valence-corrected chi connectivity index (χ1v) is 4.34. The zero-order valence-corrected chi connectivity index (χ0v) is 8.51. The third-order valence-corrected chi connectivity index (χ3v) is 1.66. The third kappa shape index (κ3) is 3.02. The minimum Gasteiger partial charge on any atom is -0.473 e. The first kappa shape index (κ1) is 11.6. The summed E-state index contributed by atoms with van der Waals surface area (Å²) in [7, 11) is 2.99. The molecule has 0 aliphatic carbocycles. The molecule has 0 saturated heterocycles. The monoisotopic (exact) mass is 218 g/mol. The second-order valence-corrected chi connectivity index (χ2v) is 2.70. The van der Waals surface area contributed by atoms with E-state index in [4.69, 9.17) is 9.47 Å². The Labute approximate surface area is 86.2 Å². The summed E-state index contributed by atoms with van der Waals surface area (Å²) in [6, 6.07) is 0.723. The second-order valence-electron chi connectivity index (χ2n) is 2.70. The fraction of sp³-hybridized carbons (Fsp3) is 0.444. The van der Waals surface area contributed by atoms with Gasteiger partial charge in [0, 0.05) is 20.2 Å². The maximum atomic E-state index is 13.1. The predicted molar refractivity (Wildman–Crippen MR) is 51.1 cm³/mol. The van der Waals surface area contributed by atoms with Crippen molar-refractivity contribution in [3.05, 3.63) is 17.7 Å². The normalized spacial score (nSPS) is 10.1. The number of aromatic nitrogens is 1. The maximum absolute atomic E-state index is 13.1. The Kier molecular flexibility index (Phi) is 4.23. The minimum atomic E-state index is -0.831. The van der Waals surface area contributed by atoms with Gasteiger partial charge in [-0.2, -0.15) is 4.98 Å². The predicted octanol–water partition coefficient (Wildman–Crippen LogP) is 1.43. The lowest BCUT2D eigenvalue weighted by molar-refractivity contribution is 0.141. The van der Waals surface area contributed by atoms with Crippen LogP contribution in [-0.2, 0) is 4.74 Å². The molecule has 1 rings (SSSR count). The highest BCUT2D eigenvalue weighted by Gasteiger charge is 2.11. The van der Waals surface area contributed by atoms with Crippen LogP contribution in [0.15, 0.2) is 6.07 Å². The summed E-state index contributed by atoms with van der Waals surface area (Å²) in [4.78, 5) is 3.62. The van der Waals surface area contributed by atoms with E-state index < -0.39 is 11.6 Å². The van der Waals surface area contributed by atoms with E-state index in [1.54, 1.807) is 0 Å². The lowest BCUT2D eigenvalue weighted by Gasteiger charge is -2.08. The molecule has 1 aromatic rings. The molecule has 0 aliphatic rings. The molecule has 6 heteroatoms. The van der Waals surface area contributed by atoms with Gasteiger partial charge in [-0.1, -0.05) is 0 Å².